The van der Waals surface area contributed by atoms with Gasteiger partial charge < -0.3 is 20.1 Å². The van der Waals surface area contributed by atoms with E-state index < -0.39 is 0 Å². The maximum Gasteiger partial charge on any atom is 0.123 e. The van der Waals surface area contributed by atoms with Crippen molar-refractivity contribution in [2.75, 3.05) is 26.2 Å². The number of nitrogens with one attached hydrogen (secondary N) is 2. The van der Waals surface area contributed by atoms with Crippen molar-refractivity contribution in [2.45, 2.75) is 53.2 Å². The van der Waals surface area contributed by atoms with Crippen LogP contribution in [0.15, 0.2) is 42.5 Å². The zero-order valence-electron chi connectivity index (χ0n) is 19.3. The van der Waals surface area contributed by atoms with Crippen LogP contribution in [0.3, 0.4) is 0 Å². The summed E-state index contributed by atoms with van der Waals surface area (Å²) in [6.45, 7) is 16.4. The van der Waals surface area contributed by atoms with Crippen molar-refractivity contribution in [3.63, 3.8) is 0 Å². The Kier molecular flexibility index (Phi) is 7.79. The molecule has 1 saturated heterocycles. The van der Waals surface area contributed by atoms with Crippen LogP contribution in [0.5, 0.6) is 11.5 Å². The molecule has 0 spiro atoms. The van der Waals surface area contributed by atoms with Crippen molar-refractivity contribution in [3.05, 3.63) is 59.2 Å². The molecule has 1 heterocycles. The van der Waals surface area contributed by atoms with Gasteiger partial charge in [-0.05, 0) is 46.1 Å². The van der Waals surface area contributed by atoms with Crippen LogP contribution in [0.1, 0.15) is 51.3 Å². The summed E-state index contributed by atoms with van der Waals surface area (Å²) in [4.78, 5) is 0. The highest BCUT2D eigenvalue weighted by molar-refractivity contribution is 5.39. The molecule has 1 fully saturated rings. The lowest BCUT2D eigenvalue weighted by atomic mass is 9.87. The minimum atomic E-state index is 0.166. The zero-order chi connectivity index (χ0) is 21.6. The van der Waals surface area contributed by atoms with E-state index in [9.17, 15) is 0 Å². The average molecular weight is 411 g/mol. The first-order valence-electron chi connectivity index (χ1n) is 11.2. The number of hydrogen-bond donors (Lipinski definition) is 2. The van der Waals surface area contributed by atoms with E-state index >= 15 is 0 Å². The van der Waals surface area contributed by atoms with Gasteiger partial charge >= 0.3 is 0 Å². The predicted octanol–water partition coefficient (Wildman–Crippen LogP) is 4.91. The number of benzene rings is 2. The molecule has 164 valence electrons. The molecule has 1 aliphatic heterocycles. The Morgan fingerprint density at radius 3 is 2.20 bits per heavy atom. The van der Waals surface area contributed by atoms with Gasteiger partial charge in [-0.15, -0.1) is 0 Å². The summed E-state index contributed by atoms with van der Waals surface area (Å²) in [5, 5.41) is 6.89. The van der Waals surface area contributed by atoms with Gasteiger partial charge in [-0.3, -0.25) is 0 Å². The van der Waals surface area contributed by atoms with Crippen LogP contribution < -0.4 is 20.1 Å². The van der Waals surface area contributed by atoms with E-state index in [1.807, 2.05) is 6.07 Å². The van der Waals surface area contributed by atoms with E-state index in [4.69, 9.17) is 9.47 Å². The second kappa shape index (κ2) is 10.3. The van der Waals surface area contributed by atoms with Gasteiger partial charge in [0.15, 0.2) is 0 Å². The van der Waals surface area contributed by atoms with Gasteiger partial charge in [0.1, 0.15) is 18.1 Å². The van der Waals surface area contributed by atoms with E-state index in [2.05, 4.69) is 81.7 Å². The molecule has 0 radical (unpaired) electrons. The SMILES string of the molecule is CC(C)COc1cc(CNCC2CNC2)cc(OCc2ccc(C(C)(C)C)cc2)c1. The van der Waals surface area contributed by atoms with Crippen molar-refractivity contribution in [3.8, 4) is 11.5 Å². The summed E-state index contributed by atoms with van der Waals surface area (Å²) >= 11 is 0. The van der Waals surface area contributed by atoms with E-state index in [0.717, 1.165) is 43.6 Å². The molecule has 0 saturated carbocycles. The van der Waals surface area contributed by atoms with Crippen LogP contribution in [0, 0.1) is 11.8 Å². The Morgan fingerprint density at radius 2 is 1.63 bits per heavy atom. The standard InChI is InChI=1S/C26H38N2O2/c1-19(2)17-29-24-10-21(13-27-14-22-15-28-16-22)11-25(12-24)30-18-20-6-8-23(9-7-20)26(3,4)5/h6-12,19,22,27-28H,13-18H2,1-5H3. The fraction of sp³-hybridized carbons (Fsp3) is 0.538. The van der Waals surface area contributed by atoms with Crippen LogP contribution in [-0.4, -0.2) is 26.2 Å². The summed E-state index contributed by atoms with van der Waals surface area (Å²) in [6, 6.07) is 15.0. The van der Waals surface area contributed by atoms with E-state index in [0.29, 0.717) is 19.1 Å². The molecule has 4 nitrogen and oxygen atoms in total. The fourth-order valence-electron chi connectivity index (χ4n) is 3.34. The van der Waals surface area contributed by atoms with Crippen molar-refractivity contribution >= 4 is 0 Å². The molecule has 0 unspecified atom stereocenters. The summed E-state index contributed by atoms with van der Waals surface area (Å²) in [7, 11) is 0. The summed E-state index contributed by atoms with van der Waals surface area (Å²) in [5.41, 5.74) is 3.87. The van der Waals surface area contributed by atoms with Crippen LogP contribution in [-0.2, 0) is 18.6 Å². The molecule has 30 heavy (non-hydrogen) atoms. The van der Waals surface area contributed by atoms with Crippen molar-refractivity contribution in [1.29, 1.82) is 0 Å². The monoisotopic (exact) mass is 410 g/mol. The molecule has 0 bridgehead atoms. The van der Waals surface area contributed by atoms with Gasteiger partial charge in [0.25, 0.3) is 0 Å². The zero-order valence-corrected chi connectivity index (χ0v) is 19.3. The minimum absolute atomic E-state index is 0.166. The first-order chi connectivity index (χ1) is 14.3. The van der Waals surface area contributed by atoms with Crippen molar-refractivity contribution < 1.29 is 9.47 Å². The average Bonchev–Trinajstić information content (AvgIpc) is 2.66. The highest BCUT2D eigenvalue weighted by Gasteiger charge is 2.16. The lowest BCUT2D eigenvalue weighted by Crippen LogP contribution is -2.47. The van der Waals surface area contributed by atoms with Gasteiger partial charge in [-0.2, -0.15) is 0 Å². The molecule has 1 aliphatic rings. The first kappa shape index (κ1) is 22.6. The largest absolute Gasteiger partial charge is 0.493 e. The van der Waals surface area contributed by atoms with Crippen molar-refractivity contribution in [2.24, 2.45) is 11.8 Å². The number of ether oxygens (including phenoxy) is 2. The maximum atomic E-state index is 6.15. The van der Waals surface area contributed by atoms with Crippen LogP contribution >= 0.6 is 0 Å². The van der Waals surface area contributed by atoms with Gasteiger partial charge in [0.05, 0.1) is 6.61 Å². The highest BCUT2D eigenvalue weighted by atomic mass is 16.5. The maximum absolute atomic E-state index is 6.15. The molecule has 2 aromatic rings. The van der Waals surface area contributed by atoms with E-state index in [-0.39, 0.29) is 5.41 Å². The number of rotatable bonds is 10. The Morgan fingerprint density at radius 1 is 0.967 bits per heavy atom. The molecular formula is C26H38N2O2. The lowest BCUT2D eigenvalue weighted by molar-refractivity contribution is 0.265. The highest BCUT2D eigenvalue weighted by Crippen LogP contribution is 2.26. The van der Waals surface area contributed by atoms with Gasteiger partial charge in [-0.25, -0.2) is 0 Å². The molecule has 0 aliphatic carbocycles. The Balaban J connectivity index is 1.63. The molecule has 0 amide bonds. The smallest absolute Gasteiger partial charge is 0.123 e. The summed E-state index contributed by atoms with van der Waals surface area (Å²) in [6.07, 6.45) is 0. The molecule has 4 heteroatoms. The van der Waals surface area contributed by atoms with Crippen LogP contribution in [0.25, 0.3) is 0 Å². The Hall–Kier alpha value is -2.04. The molecule has 3 rings (SSSR count). The lowest BCUT2D eigenvalue weighted by Gasteiger charge is -2.27. The molecule has 0 atom stereocenters. The second-order valence-electron chi connectivity index (χ2n) is 9.91. The quantitative estimate of drug-likeness (QED) is 0.584. The minimum Gasteiger partial charge on any atom is -0.493 e. The Labute approximate surface area is 182 Å². The fourth-order valence-corrected chi connectivity index (χ4v) is 3.34. The van der Waals surface area contributed by atoms with Gasteiger partial charge in [0.2, 0.25) is 0 Å². The molecule has 0 aromatic heterocycles. The van der Waals surface area contributed by atoms with Crippen molar-refractivity contribution in [1.82, 2.24) is 10.6 Å². The third-order valence-corrected chi connectivity index (χ3v) is 5.38. The normalized spacial score (nSPS) is 14.6. The van der Waals surface area contributed by atoms with Crippen LogP contribution in [0.2, 0.25) is 0 Å². The molecular weight excluding hydrogens is 372 g/mol. The van der Waals surface area contributed by atoms with Crippen LogP contribution in [0.4, 0.5) is 0 Å². The summed E-state index contributed by atoms with van der Waals surface area (Å²) in [5.74, 6) is 2.98. The third-order valence-electron chi connectivity index (χ3n) is 5.38. The van der Waals surface area contributed by atoms with Gasteiger partial charge in [0, 0.05) is 32.2 Å². The Bertz CT molecular complexity index is 790. The topological polar surface area (TPSA) is 42.5 Å². The van der Waals surface area contributed by atoms with Gasteiger partial charge in [-0.1, -0.05) is 58.9 Å². The molecule has 2 aromatic carbocycles. The first-order valence-corrected chi connectivity index (χ1v) is 11.2. The van der Waals surface area contributed by atoms with E-state index in [1.54, 1.807) is 0 Å². The third kappa shape index (κ3) is 7.03. The second-order valence-corrected chi connectivity index (χ2v) is 9.91. The van der Waals surface area contributed by atoms with E-state index in [1.165, 1.54) is 16.7 Å². The number of hydrogen-bond acceptors (Lipinski definition) is 4. The molecule has 2 N–H and O–H groups in total. The summed E-state index contributed by atoms with van der Waals surface area (Å²) < 4.78 is 12.1. The predicted molar refractivity (Wildman–Crippen MR) is 124 cm³/mol.